The number of anilines is 1. The third-order valence-electron chi connectivity index (χ3n) is 3.48. The van der Waals surface area contributed by atoms with Crippen molar-refractivity contribution in [2.75, 3.05) is 18.0 Å². The number of aryl methyl sites for hydroxylation is 1. The maximum Gasteiger partial charge on any atom is 0.205 e. The molecule has 0 radical (unpaired) electrons. The average Bonchev–Trinajstić information content (AvgIpc) is 2.86. The van der Waals surface area contributed by atoms with Crippen LogP contribution in [0.3, 0.4) is 0 Å². The zero-order valence-corrected chi connectivity index (χ0v) is 11.8. The van der Waals surface area contributed by atoms with Crippen LogP contribution in [-0.4, -0.2) is 34.5 Å². The lowest BCUT2D eigenvalue weighted by Gasteiger charge is -2.39. The van der Waals surface area contributed by atoms with Gasteiger partial charge in [-0.3, -0.25) is 0 Å². The van der Waals surface area contributed by atoms with Crippen molar-refractivity contribution in [3.05, 3.63) is 5.82 Å². The highest BCUT2D eigenvalue weighted by molar-refractivity contribution is 7.09. The number of nitrogens with one attached hydrogen (secondary N) is 1. The van der Waals surface area contributed by atoms with Crippen LogP contribution >= 0.6 is 11.5 Å². The van der Waals surface area contributed by atoms with E-state index >= 15 is 0 Å². The second-order valence-electron chi connectivity index (χ2n) is 4.57. The van der Waals surface area contributed by atoms with Gasteiger partial charge in [0.1, 0.15) is 5.82 Å². The lowest BCUT2D eigenvalue weighted by Crippen LogP contribution is -2.56. The Morgan fingerprint density at radius 2 is 2.18 bits per heavy atom. The van der Waals surface area contributed by atoms with Gasteiger partial charge in [-0.2, -0.15) is 4.37 Å². The van der Waals surface area contributed by atoms with E-state index in [0.29, 0.717) is 12.1 Å². The van der Waals surface area contributed by atoms with Gasteiger partial charge in [0.15, 0.2) is 0 Å². The first-order valence-electron chi connectivity index (χ1n) is 6.61. The minimum Gasteiger partial charge on any atom is -0.341 e. The van der Waals surface area contributed by atoms with Crippen molar-refractivity contribution in [3.8, 4) is 0 Å². The molecule has 1 fully saturated rings. The summed E-state index contributed by atoms with van der Waals surface area (Å²) in [6, 6.07) is 1.15. The highest BCUT2D eigenvalue weighted by atomic mass is 32.1. The summed E-state index contributed by atoms with van der Waals surface area (Å²) in [4.78, 5) is 7.07. The van der Waals surface area contributed by atoms with E-state index in [9.17, 15) is 0 Å². The summed E-state index contributed by atoms with van der Waals surface area (Å²) in [7, 11) is 0. The Morgan fingerprint density at radius 3 is 2.76 bits per heavy atom. The third kappa shape index (κ3) is 2.77. The van der Waals surface area contributed by atoms with E-state index in [-0.39, 0.29) is 0 Å². The Kier molecular flexibility index (Phi) is 4.34. The molecule has 0 amide bonds. The molecule has 2 unspecified atom stereocenters. The van der Waals surface area contributed by atoms with Gasteiger partial charge < -0.3 is 10.2 Å². The molecule has 0 aromatic carbocycles. The lowest BCUT2D eigenvalue weighted by atomic mass is 10.1. The van der Waals surface area contributed by atoms with E-state index in [4.69, 9.17) is 0 Å². The van der Waals surface area contributed by atoms with Crippen molar-refractivity contribution >= 4 is 16.7 Å². The summed E-state index contributed by atoms with van der Waals surface area (Å²) < 4.78 is 4.40. The van der Waals surface area contributed by atoms with E-state index < -0.39 is 0 Å². The molecule has 2 heterocycles. The number of aromatic nitrogens is 2. The summed E-state index contributed by atoms with van der Waals surface area (Å²) in [5.41, 5.74) is 0. The van der Waals surface area contributed by atoms with Gasteiger partial charge >= 0.3 is 0 Å². The minimum atomic E-state index is 0.565. The fourth-order valence-electron chi connectivity index (χ4n) is 2.24. The molecule has 0 saturated carbocycles. The monoisotopic (exact) mass is 254 g/mol. The first kappa shape index (κ1) is 12.8. The van der Waals surface area contributed by atoms with Gasteiger partial charge in [-0.05, 0) is 12.8 Å². The van der Waals surface area contributed by atoms with Crippen LogP contribution in [0.4, 0.5) is 5.13 Å². The molecule has 0 spiro atoms. The second-order valence-corrected chi connectivity index (χ2v) is 5.30. The molecule has 0 bridgehead atoms. The van der Waals surface area contributed by atoms with Gasteiger partial charge in [-0.15, -0.1) is 0 Å². The topological polar surface area (TPSA) is 41.1 Å². The number of hydrogen-bond acceptors (Lipinski definition) is 5. The zero-order valence-electron chi connectivity index (χ0n) is 10.9. The summed E-state index contributed by atoms with van der Waals surface area (Å²) in [5.74, 6) is 0.978. The molecule has 4 nitrogen and oxygen atoms in total. The van der Waals surface area contributed by atoms with Crippen molar-refractivity contribution in [2.45, 2.75) is 52.1 Å². The van der Waals surface area contributed by atoms with Crippen LogP contribution in [0.15, 0.2) is 0 Å². The SMILES string of the molecule is CCc1nsc(N2CC(CC)NCC2CC)n1. The Balaban J connectivity index is 2.13. The molecule has 0 aliphatic carbocycles. The molecule has 2 rings (SSSR count). The number of hydrogen-bond donors (Lipinski definition) is 1. The molecular weight excluding hydrogens is 232 g/mol. The number of piperazine rings is 1. The predicted octanol–water partition coefficient (Wildman–Crippen LogP) is 2.07. The molecule has 1 aromatic rings. The molecule has 1 aliphatic heterocycles. The van der Waals surface area contributed by atoms with Crippen LogP contribution < -0.4 is 10.2 Å². The summed E-state index contributed by atoms with van der Waals surface area (Å²) in [6.07, 6.45) is 3.26. The highest BCUT2D eigenvalue weighted by Gasteiger charge is 2.28. The van der Waals surface area contributed by atoms with E-state index in [2.05, 4.69) is 40.3 Å². The molecule has 5 heteroatoms. The average molecular weight is 254 g/mol. The predicted molar refractivity (Wildman–Crippen MR) is 72.8 cm³/mol. The van der Waals surface area contributed by atoms with Crippen LogP contribution in [-0.2, 0) is 6.42 Å². The standard InChI is InChI=1S/C12H22N4S/c1-4-9-8-16(10(5-2)7-13-9)12-14-11(6-3)15-17-12/h9-10,13H,4-8H2,1-3H3. The van der Waals surface area contributed by atoms with Gasteiger partial charge in [0.05, 0.1) is 0 Å². The van der Waals surface area contributed by atoms with Crippen LogP contribution in [0.1, 0.15) is 39.4 Å². The van der Waals surface area contributed by atoms with Crippen LogP contribution in [0, 0.1) is 0 Å². The van der Waals surface area contributed by atoms with Crippen molar-refractivity contribution in [2.24, 2.45) is 0 Å². The minimum absolute atomic E-state index is 0.565. The molecule has 17 heavy (non-hydrogen) atoms. The quantitative estimate of drug-likeness (QED) is 0.893. The molecule has 2 atom stereocenters. The van der Waals surface area contributed by atoms with Crippen molar-refractivity contribution in [1.82, 2.24) is 14.7 Å². The molecule has 1 saturated heterocycles. The first-order chi connectivity index (χ1) is 8.28. The highest BCUT2D eigenvalue weighted by Crippen LogP contribution is 2.24. The van der Waals surface area contributed by atoms with Gasteiger partial charge in [0.25, 0.3) is 0 Å². The van der Waals surface area contributed by atoms with E-state index in [0.717, 1.165) is 36.9 Å². The Bertz CT molecular complexity index is 352. The largest absolute Gasteiger partial charge is 0.341 e. The maximum atomic E-state index is 4.62. The summed E-state index contributed by atoms with van der Waals surface area (Å²) in [6.45, 7) is 8.71. The van der Waals surface area contributed by atoms with E-state index in [1.807, 2.05) is 0 Å². The van der Waals surface area contributed by atoms with Gasteiger partial charge in [0, 0.05) is 43.1 Å². The molecule has 1 aromatic heterocycles. The van der Waals surface area contributed by atoms with Crippen molar-refractivity contribution < 1.29 is 0 Å². The molecular formula is C12H22N4S. The maximum absolute atomic E-state index is 4.62. The number of rotatable bonds is 4. The van der Waals surface area contributed by atoms with Crippen LogP contribution in [0.5, 0.6) is 0 Å². The smallest absolute Gasteiger partial charge is 0.205 e. The number of nitrogens with zero attached hydrogens (tertiary/aromatic N) is 3. The van der Waals surface area contributed by atoms with Gasteiger partial charge in [-0.1, -0.05) is 20.8 Å². The van der Waals surface area contributed by atoms with Gasteiger partial charge in [0.2, 0.25) is 5.13 Å². The Labute approximate surface area is 108 Å². The van der Waals surface area contributed by atoms with Crippen molar-refractivity contribution in [1.29, 1.82) is 0 Å². The molecule has 96 valence electrons. The lowest BCUT2D eigenvalue weighted by molar-refractivity contribution is 0.378. The third-order valence-corrected chi connectivity index (χ3v) is 4.27. The van der Waals surface area contributed by atoms with Crippen LogP contribution in [0.2, 0.25) is 0 Å². The summed E-state index contributed by atoms with van der Waals surface area (Å²) in [5, 5.41) is 4.71. The van der Waals surface area contributed by atoms with E-state index in [1.54, 1.807) is 11.5 Å². The molecule has 1 N–H and O–H groups in total. The fraction of sp³-hybridized carbons (Fsp3) is 0.833. The Hall–Kier alpha value is -0.680. The van der Waals surface area contributed by atoms with Crippen molar-refractivity contribution in [3.63, 3.8) is 0 Å². The molecule has 1 aliphatic rings. The zero-order chi connectivity index (χ0) is 12.3. The normalized spacial score (nSPS) is 25.2. The first-order valence-corrected chi connectivity index (χ1v) is 7.38. The Morgan fingerprint density at radius 1 is 1.35 bits per heavy atom. The van der Waals surface area contributed by atoms with Crippen LogP contribution in [0.25, 0.3) is 0 Å². The van der Waals surface area contributed by atoms with E-state index in [1.165, 1.54) is 6.42 Å². The second kappa shape index (κ2) is 5.78. The fourth-order valence-corrected chi connectivity index (χ4v) is 3.07. The van der Waals surface area contributed by atoms with Gasteiger partial charge in [-0.25, -0.2) is 4.98 Å². The summed E-state index contributed by atoms with van der Waals surface area (Å²) >= 11 is 1.55.